The van der Waals surface area contributed by atoms with Crippen molar-refractivity contribution in [1.82, 2.24) is 0 Å². The molecule has 36 heavy (non-hydrogen) atoms. The number of fused-ring (bicyclic) bond motifs is 3. The van der Waals surface area contributed by atoms with E-state index in [1.165, 1.54) is 18.4 Å². The van der Waals surface area contributed by atoms with Gasteiger partial charge in [-0.25, -0.2) is 0 Å². The van der Waals surface area contributed by atoms with Crippen LogP contribution in [0.5, 0.6) is 0 Å². The smallest absolute Gasteiger partial charge is 0.186 e. The maximum atomic E-state index is 10.7. The molecule has 1 spiro atoms. The second kappa shape index (κ2) is 8.01. The summed E-state index contributed by atoms with van der Waals surface area (Å²) in [4.78, 5) is 0. The van der Waals surface area contributed by atoms with E-state index in [2.05, 4.69) is 26.0 Å². The first kappa shape index (κ1) is 24.1. The average Bonchev–Trinajstić information content (AvgIpc) is 3.48. The third kappa shape index (κ3) is 3.07. The highest BCUT2D eigenvalue weighted by Gasteiger charge is 2.72. The molecular weight excluding hydrogens is 464 g/mol. The van der Waals surface area contributed by atoms with E-state index in [-0.39, 0.29) is 29.0 Å². The maximum Gasteiger partial charge on any atom is 0.186 e. The lowest BCUT2D eigenvalue weighted by atomic mass is 9.51. The molecule has 2 N–H and O–H groups in total. The highest BCUT2D eigenvalue weighted by molar-refractivity contribution is 5.41. The SMILES string of the molecule is CO[C@@H]1[C@@H](O)[C@H](O[C@H]2CC[C@@]3(C)[C@H](C=CC4=C5O[C@@H]6CO[C@]7(C)OC[C@@]5(CC[C@@H]43)[C@H]67)C2)O[C@H](C)[C@H]1O. The van der Waals surface area contributed by atoms with Crippen LogP contribution in [-0.4, -0.2) is 79.2 Å². The molecule has 0 aromatic heterocycles. The van der Waals surface area contributed by atoms with E-state index in [1.807, 2.05) is 0 Å². The molecule has 8 heteroatoms. The standard InChI is InChI=1S/C28H40O8/c1-14-20(29)22(31-4)21(30)25(34-14)35-16-7-9-26(2)15(11-16)5-6-17-18(26)8-10-28-13-33-27(3)23(28)19(12-32-27)36-24(17)28/h5-6,14-16,18-23,25,29-30H,7-13H2,1-4H3/t14-,15-,16+,18+,19-,20-,21-,22+,23-,25+,26+,27-,28+/m1/s1. The second-order valence-corrected chi connectivity index (χ2v) is 12.7. The molecule has 7 rings (SSSR count). The van der Waals surface area contributed by atoms with Gasteiger partial charge in [-0.05, 0) is 68.8 Å². The summed E-state index contributed by atoms with van der Waals surface area (Å²) in [6.07, 6.45) is 5.98. The van der Waals surface area contributed by atoms with Crippen LogP contribution in [0.15, 0.2) is 23.5 Å². The van der Waals surface area contributed by atoms with Gasteiger partial charge >= 0.3 is 0 Å². The van der Waals surface area contributed by atoms with Gasteiger partial charge in [-0.2, -0.15) is 0 Å². The first-order chi connectivity index (χ1) is 17.2. The van der Waals surface area contributed by atoms with Crippen LogP contribution in [0.25, 0.3) is 0 Å². The topological polar surface area (TPSA) is 95.8 Å². The van der Waals surface area contributed by atoms with Crippen molar-refractivity contribution in [2.45, 2.75) is 102 Å². The van der Waals surface area contributed by atoms with Gasteiger partial charge in [0.25, 0.3) is 0 Å². The van der Waals surface area contributed by atoms with Gasteiger partial charge in [-0.15, -0.1) is 0 Å². The summed E-state index contributed by atoms with van der Waals surface area (Å²) in [5.41, 5.74) is 1.49. The van der Waals surface area contributed by atoms with E-state index >= 15 is 0 Å². The molecule has 7 aliphatic rings. The molecule has 4 saturated heterocycles. The zero-order chi connectivity index (χ0) is 25.0. The zero-order valence-corrected chi connectivity index (χ0v) is 21.7. The van der Waals surface area contributed by atoms with Gasteiger partial charge in [0.05, 0.1) is 36.8 Å². The van der Waals surface area contributed by atoms with Crippen LogP contribution >= 0.6 is 0 Å². The van der Waals surface area contributed by atoms with Crippen molar-refractivity contribution in [2.24, 2.45) is 28.6 Å². The van der Waals surface area contributed by atoms with Crippen LogP contribution in [0.1, 0.15) is 52.9 Å². The Bertz CT molecular complexity index is 981. The largest absolute Gasteiger partial charge is 0.491 e. The Hall–Kier alpha value is -1.00. The van der Waals surface area contributed by atoms with Gasteiger partial charge in [0.2, 0.25) is 0 Å². The van der Waals surface area contributed by atoms with Crippen molar-refractivity contribution in [2.75, 3.05) is 20.3 Å². The van der Waals surface area contributed by atoms with Crippen LogP contribution in [0, 0.1) is 28.6 Å². The number of hydrogen-bond acceptors (Lipinski definition) is 8. The molecule has 1 saturated carbocycles. The van der Waals surface area contributed by atoms with Crippen molar-refractivity contribution < 1.29 is 38.6 Å². The van der Waals surface area contributed by atoms with E-state index in [0.29, 0.717) is 25.0 Å². The van der Waals surface area contributed by atoms with Gasteiger partial charge in [0.1, 0.15) is 30.2 Å². The Morgan fingerprint density at radius 1 is 1.08 bits per heavy atom. The van der Waals surface area contributed by atoms with Gasteiger partial charge in [-0.1, -0.05) is 19.1 Å². The molecule has 0 aromatic carbocycles. The Labute approximate surface area is 212 Å². The number of ether oxygens (including phenoxy) is 6. The molecule has 13 atom stereocenters. The fourth-order valence-corrected chi connectivity index (χ4v) is 8.97. The van der Waals surface area contributed by atoms with E-state index < -0.39 is 36.5 Å². The van der Waals surface area contributed by atoms with Crippen LogP contribution in [0.3, 0.4) is 0 Å². The molecule has 0 unspecified atom stereocenters. The quantitative estimate of drug-likeness (QED) is 0.606. The molecule has 0 bridgehead atoms. The first-order valence-electron chi connectivity index (χ1n) is 13.8. The summed E-state index contributed by atoms with van der Waals surface area (Å²) in [6, 6.07) is 0. The summed E-state index contributed by atoms with van der Waals surface area (Å²) in [5.74, 6) is 1.81. The Morgan fingerprint density at radius 3 is 2.72 bits per heavy atom. The molecule has 5 fully saturated rings. The molecular formula is C28H40O8. The van der Waals surface area contributed by atoms with Crippen LogP contribution < -0.4 is 0 Å². The maximum absolute atomic E-state index is 10.7. The van der Waals surface area contributed by atoms with Gasteiger partial charge in [0.15, 0.2) is 12.1 Å². The summed E-state index contributed by atoms with van der Waals surface area (Å²) in [7, 11) is 1.50. The number of methoxy groups -OCH3 is 1. The number of aliphatic hydroxyl groups excluding tert-OH is 2. The molecule has 200 valence electrons. The second-order valence-electron chi connectivity index (χ2n) is 12.7. The lowest BCUT2D eigenvalue weighted by Gasteiger charge is -2.54. The highest BCUT2D eigenvalue weighted by atomic mass is 16.7. The van der Waals surface area contributed by atoms with E-state index in [0.717, 1.165) is 32.1 Å². The minimum atomic E-state index is -1.02. The molecule has 3 aliphatic carbocycles. The van der Waals surface area contributed by atoms with Crippen LogP contribution in [0.4, 0.5) is 0 Å². The normalized spacial score (nSPS) is 57.2. The number of rotatable bonds is 3. The van der Waals surface area contributed by atoms with Crippen molar-refractivity contribution in [3.8, 4) is 0 Å². The van der Waals surface area contributed by atoms with Crippen molar-refractivity contribution >= 4 is 0 Å². The fraction of sp³-hybridized carbons (Fsp3) is 0.857. The highest BCUT2D eigenvalue weighted by Crippen LogP contribution is 2.68. The third-order valence-electron chi connectivity index (χ3n) is 11.0. The van der Waals surface area contributed by atoms with Crippen molar-refractivity contribution in [3.63, 3.8) is 0 Å². The summed E-state index contributed by atoms with van der Waals surface area (Å²) < 4.78 is 36.5. The summed E-state index contributed by atoms with van der Waals surface area (Å²) >= 11 is 0. The molecule has 0 radical (unpaired) electrons. The fourth-order valence-electron chi connectivity index (χ4n) is 8.97. The van der Waals surface area contributed by atoms with Crippen LogP contribution in [0.2, 0.25) is 0 Å². The summed E-state index contributed by atoms with van der Waals surface area (Å²) in [6.45, 7) is 7.63. The van der Waals surface area contributed by atoms with Gasteiger partial charge in [-0.3, -0.25) is 0 Å². The monoisotopic (exact) mass is 504 g/mol. The summed E-state index contributed by atoms with van der Waals surface area (Å²) in [5, 5.41) is 21.0. The molecule has 4 heterocycles. The minimum Gasteiger partial charge on any atom is -0.491 e. The number of hydrogen-bond donors (Lipinski definition) is 2. The van der Waals surface area contributed by atoms with Crippen molar-refractivity contribution in [3.05, 3.63) is 23.5 Å². The predicted molar refractivity (Wildman–Crippen MR) is 127 cm³/mol. The minimum absolute atomic E-state index is 0.0142. The van der Waals surface area contributed by atoms with Crippen LogP contribution in [-0.2, 0) is 28.4 Å². The number of aliphatic hydroxyl groups is 2. The molecule has 4 aliphatic heterocycles. The van der Waals surface area contributed by atoms with Gasteiger partial charge < -0.3 is 38.6 Å². The molecule has 0 amide bonds. The lowest BCUT2D eigenvalue weighted by molar-refractivity contribution is -0.311. The van der Waals surface area contributed by atoms with E-state index in [4.69, 9.17) is 28.4 Å². The lowest BCUT2D eigenvalue weighted by Crippen LogP contribution is -2.59. The Morgan fingerprint density at radius 2 is 1.92 bits per heavy atom. The van der Waals surface area contributed by atoms with Crippen molar-refractivity contribution in [1.29, 1.82) is 0 Å². The molecule has 8 nitrogen and oxygen atoms in total. The van der Waals surface area contributed by atoms with E-state index in [9.17, 15) is 10.2 Å². The number of allylic oxidation sites excluding steroid dienone is 3. The Balaban J connectivity index is 1.12. The average molecular weight is 505 g/mol. The van der Waals surface area contributed by atoms with Gasteiger partial charge in [0, 0.05) is 7.11 Å². The third-order valence-corrected chi connectivity index (χ3v) is 11.0. The zero-order valence-electron chi connectivity index (χ0n) is 21.7. The first-order valence-corrected chi connectivity index (χ1v) is 13.8. The predicted octanol–water partition coefficient (Wildman–Crippen LogP) is 2.67. The Kier molecular flexibility index (Phi) is 5.35. The molecule has 0 aromatic rings. The van der Waals surface area contributed by atoms with E-state index in [1.54, 1.807) is 6.92 Å².